The van der Waals surface area contributed by atoms with Crippen LogP contribution >= 0.6 is 0 Å². The van der Waals surface area contributed by atoms with E-state index in [4.69, 9.17) is 4.74 Å². The molecule has 3 heteroatoms. The van der Waals surface area contributed by atoms with Gasteiger partial charge in [0, 0.05) is 17.6 Å². The van der Waals surface area contributed by atoms with Crippen LogP contribution in [0.1, 0.15) is 44.2 Å². The number of nitrogens with one attached hydrogen (secondary N) is 1. The van der Waals surface area contributed by atoms with Crippen LogP contribution in [0.2, 0.25) is 0 Å². The normalized spacial score (nSPS) is 21.6. The lowest BCUT2D eigenvalue weighted by atomic mass is 10.0. The quantitative estimate of drug-likeness (QED) is 0.863. The number of para-hydroxylation sites is 1. The highest BCUT2D eigenvalue weighted by Gasteiger charge is 2.20. The van der Waals surface area contributed by atoms with Crippen molar-refractivity contribution in [3.63, 3.8) is 0 Å². The Labute approximate surface area is 123 Å². The minimum absolute atomic E-state index is 0.371. The van der Waals surface area contributed by atoms with Crippen LogP contribution in [0.5, 0.6) is 5.75 Å². The lowest BCUT2D eigenvalue weighted by molar-refractivity contribution is 0.124. The van der Waals surface area contributed by atoms with Gasteiger partial charge in [0.1, 0.15) is 12.4 Å². The van der Waals surface area contributed by atoms with Crippen LogP contribution in [0.4, 0.5) is 0 Å². The van der Waals surface area contributed by atoms with Gasteiger partial charge in [-0.25, -0.2) is 0 Å². The highest BCUT2D eigenvalue weighted by Crippen LogP contribution is 2.27. The number of likely N-dealkylation sites (tertiary alicyclic amines) is 1. The molecule has 1 aromatic carbocycles. The summed E-state index contributed by atoms with van der Waals surface area (Å²) in [4.78, 5) is 2.43. The minimum atomic E-state index is 0.371. The Bertz CT molecular complexity index is 404. The van der Waals surface area contributed by atoms with Crippen molar-refractivity contribution in [2.75, 3.05) is 27.2 Å². The number of hydrogen-bond donors (Lipinski definition) is 1. The average molecular weight is 276 g/mol. The number of benzene rings is 1. The van der Waals surface area contributed by atoms with Gasteiger partial charge in [0.15, 0.2) is 0 Å². The molecule has 3 nitrogen and oxygen atoms in total. The van der Waals surface area contributed by atoms with Gasteiger partial charge in [0.05, 0.1) is 0 Å². The van der Waals surface area contributed by atoms with E-state index in [0.29, 0.717) is 12.1 Å². The zero-order valence-corrected chi connectivity index (χ0v) is 13.1. The molecule has 1 heterocycles. The molecule has 1 saturated heterocycles. The second-order valence-electron chi connectivity index (χ2n) is 5.73. The Hall–Kier alpha value is -1.06. The van der Waals surface area contributed by atoms with Crippen LogP contribution < -0.4 is 10.1 Å². The maximum atomic E-state index is 6.15. The van der Waals surface area contributed by atoms with Crippen LogP contribution in [-0.2, 0) is 0 Å². The van der Waals surface area contributed by atoms with E-state index in [1.165, 1.54) is 31.4 Å². The molecule has 0 spiro atoms. The third-order valence-electron chi connectivity index (χ3n) is 4.40. The SMILES string of the molecule is CCC(NC)c1ccccc1OCC1CCCCN1C. The van der Waals surface area contributed by atoms with E-state index < -0.39 is 0 Å². The smallest absolute Gasteiger partial charge is 0.124 e. The van der Waals surface area contributed by atoms with Gasteiger partial charge in [-0.2, -0.15) is 0 Å². The Morgan fingerprint density at radius 3 is 2.85 bits per heavy atom. The molecule has 1 aliphatic heterocycles. The third kappa shape index (κ3) is 3.74. The first-order valence-electron chi connectivity index (χ1n) is 7.85. The lowest BCUT2D eigenvalue weighted by Gasteiger charge is -2.32. The molecule has 1 aromatic rings. The predicted octanol–water partition coefficient (Wildman–Crippen LogP) is 3.22. The first-order valence-corrected chi connectivity index (χ1v) is 7.85. The molecular weight excluding hydrogens is 248 g/mol. The van der Waals surface area contributed by atoms with E-state index in [-0.39, 0.29) is 0 Å². The van der Waals surface area contributed by atoms with Gasteiger partial charge >= 0.3 is 0 Å². The monoisotopic (exact) mass is 276 g/mol. The molecule has 20 heavy (non-hydrogen) atoms. The predicted molar refractivity (Wildman–Crippen MR) is 84.3 cm³/mol. The summed E-state index contributed by atoms with van der Waals surface area (Å²) in [5, 5.41) is 3.36. The van der Waals surface area contributed by atoms with Gasteiger partial charge in [-0.05, 0) is 46.0 Å². The summed E-state index contributed by atoms with van der Waals surface area (Å²) in [5.41, 5.74) is 1.27. The fourth-order valence-electron chi connectivity index (χ4n) is 3.02. The van der Waals surface area contributed by atoms with Gasteiger partial charge in [-0.1, -0.05) is 31.5 Å². The molecule has 0 aliphatic carbocycles. The van der Waals surface area contributed by atoms with Gasteiger partial charge < -0.3 is 15.0 Å². The molecule has 1 N–H and O–H groups in total. The Kier molecular flexibility index (Phi) is 5.86. The maximum absolute atomic E-state index is 6.15. The lowest BCUT2D eigenvalue weighted by Crippen LogP contribution is -2.40. The summed E-state index contributed by atoms with van der Waals surface area (Å²) >= 11 is 0. The van der Waals surface area contributed by atoms with E-state index >= 15 is 0 Å². The van der Waals surface area contributed by atoms with Crippen LogP contribution in [-0.4, -0.2) is 38.2 Å². The van der Waals surface area contributed by atoms with Crippen LogP contribution in [0, 0.1) is 0 Å². The number of rotatable bonds is 6. The van der Waals surface area contributed by atoms with Crippen molar-refractivity contribution in [3.8, 4) is 5.75 Å². The van der Waals surface area contributed by atoms with Gasteiger partial charge in [0.25, 0.3) is 0 Å². The van der Waals surface area contributed by atoms with Crippen molar-refractivity contribution in [1.82, 2.24) is 10.2 Å². The molecule has 0 saturated carbocycles. The first-order chi connectivity index (χ1) is 9.76. The Balaban J connectivity index is 2.01. The number of nitrogens with zero attached hydrogens (tertiary/aromatic N) is 1. The number of ether oxygens (including phenoxy) is 1. The standard InChI is InChI=1S/C17H28N2O/c1-4-16(18-2)15-10-5-6-11-17(15)20-13-14-9-7-8-12-19(14)3/h5-6,10-11,14,16,18H,4,7-9,12-13H2,1-3H3. The Morgan fingerprint density at radius 1 is 1.35 bits per heavy atom. The van der Waals surface area contributed by atoms with Crippen LogP contribution in [0.15, 0.2) is 24.3 Å². The van der Waals surface area contributed by atoms with Crippen molar-refractivity contribution in [2.24, 2.45) is 0 Å². The molecule has 0 amide bonds. The summed E-state index contributed by atoms with van der Waals surface area (Å²) in [5.74, 6) is 1.03. The maximum Gasteiger partial charge on any atom is 0.124 e. The van der Waals surface area contributed by atoms with Crippen LogP contribution in [0.25, 0.3) is 0 Å². The minimum Gasteiger partial charge on any atom is -0.492 e. The topological polar surface area (TPSA) is 24.5 Å². The summed E-state index contributed by atoms with van der Waals surface area (Å²) in [6, 6.07) is 9.35. The largest absolute Gasteiger partial charge is 0.492 e. The van der Waals surface area contributed by atoms with E-state index in [1.807, 2.05) is 7.05 Å². The second kappa shape index (κ2) is 7.65. The van der Waals surface area contributed by atoms with Gasteiger partial charge in [-0.3, -0.25) is 0 Å². The molecule has 0 aromatic heterocycles. The van der Waals surface area contributed by atoms with Gasteiger partial charge in [0.2, 0.25) is 0 Å². The van der Waals surface area contributed by atoms with Crippen molar-refractivity contribution in [2.45, 2.75) is 44.7 Å². The van der Waals surface area contributed by atoms with Crippen LogP contribution in [0.3, 0.4) is 0 Å². The molecule has 1 fully saturated rings. The summed E-state index contributed by atoms with van der Waals surface area (Å²) in [7, 11) is 4.22. The van der Waals surface area contributed by atoms with Crippen molar-refractivity contribution < 1.29 is 4.74 Å². The van der Waals surface area contributed by atoms with E-state index in [9.17, 15) is 0 Å². The van der Waals surface area contributed by atoms with Crippen molar-refractivity contribution in [1.29, 1.82) is 0 Å². The zero-order valence-electron chi connectivity index (χ0n) is 13.1. The highest BCUT2D eigenvalue weighted by atomic mass is 16.5. The van der Waals surface area contributed by atoms with E-state index in [2.05, 4.69) is 48.5 Å². The van der Waals surface area contributed by atoms with Crippen molar-refractivity contribution >= 4 is 0 Å². The molecule has 112 valence electrons. The first kappa shape index (κ1) is 15.3. The summed E-state index contributed by atoms with van der Waals surface area (Å²) in [6.07, 6.45) is 4.97. The summed E-state index contributed by atoms with van der Waals surface area (Å²) < 4.78 is 6.15. The zero-order chi connectivity index (χ0) is 14.4. The van der Waals surface area contributed by atoms with Gasteiger partial charge in [-0.15, -0.1) is 0 Å². The fraction of sp³-hybridized carbons (Fsp3) is 0.647. The molecule has 0 radical (unpaired) electrons. The number of likely N-dealkylation sites (N-methyl/N-ethyl adjacent to an activating group) is 1. The number of piperidine rings is 1. The molecule has 0 bridgehead atoms. The molecule has 2 rings (SSSR count). The Morgan fingerprint density at radius 2 is 2.15 bits per heavy atom. The third-order valence-corrected chi connectivity index (χ3v) is 4.40. The average Bonchev–Trinajstić information content (AvgIpc) is 2.49. The molecule has 2 unspecified atom stereocenters. The highest BCUT2D eigenvalue weighted by molar-refractivity contribution is 5.35. The number of hydrogen-bond acceptors (Lipinski definition) is 3. The van der Waals surface area contributed by atoms with E-state index in [1.54, 1.807) is 0 Å². The molecular formula is C17H28N2O. The van der Waals surface area contributed by atoms with Crippen molar-refractivity contribution in [3.05, 3.63) is 29.8 Å². The molecule has 2 atom stereocenters. The summed E-state index contributed by atoms with van der Waals surface area (Å²) in [6.45, 7) is 4.20. The van der Waals surface area contributed by atoms with E-state index in [0.717, 1.165) is 18.8 Å². The second-order valence-corrected chi connectivity index (χ2v) is 5.73. The fourth-order valence-corrected chi connectivity index (χ4v) is 3.02. The molecule has 1 aliphatic rings.